The van der Waals surface area contributed by atoms with Gasteiger partial charge in [0.2, 0.25) is 10.0 Å². The summed E-state index contributed by atoms with van der Waals surface area (Å²) in [4.78, 5) is 19.4. The fourth-order valence-corrected chi connectivity index (χ4v) is 4.88. The molecule has 9 heteroatoms. The number of imidazole rings is 1. The predicted molar refractivity (Wildman–Crippen MR) is 95.6 cm³/mol. The van der Waals surface area contributed by atoms with Crippen molar-refractivity contribution in [3.8, 4) is 5.69 Å². The lowest BCUT2D eigenvalue weighted by molar-refractivity contribution is 0.0932. The van der Waals surface area contributed by atoms with E-state index in [9.17, 15) is 13.2 Å². The molecule has 0 radical (unpaired) electrons. The molecule has 2 aromatic rings. The molecule has 138 valence electrons. The summed E-state index contributed by atoms with van der Waals surface area (Å²) in [6.45, 7) is 1.84. The number of likely N-dealkylation sites (tertiary alicyclic amines) is 1. The summed E-state index contributed by atoms with van der Waals surface area (Å²) in [6.07, 6.45) is 2.42. The molecule has 1 aromatic carbocycles. The van der Waals surface area contributed by atoms with Crippen molar-refractivity contribution in [3.05, 3.63) is 42.0 Å². The van der Waals surface area contributed by atoms with Crippen LogP contribution in [0.1, 0.15) is 22.6 Å². The number of carbonyl (C=O) groups excluding carboxylic acids is 1. The van der Waals surface area contributed by atoms with Crippen LogP contribution in [-0.2, 0) is 16.6 Å². The Labute approximate surface area is 152 Å². The third kappa shape index (κ3) is 2.72. The van der Waals surface area contributed by atoms with Gasteiger partial charge in [-0.2, -0.15) is 4.31 Å². The van der Waals surface area contributed by atoms with Crippen molar-refractivity contribution in [1.29, 1.82) is 0 Å². The number of carbonyl (C=O) groups is 1. The highest BCUT2D eigenvalue weighted by molar-refractivity contribution is 7.89. The van der Waals surface area contributed by atoms with E-state index in [1.807, 2.05) is 7.05 Å². The van der Waals surface area contributed by atoms with Crippen LogP contribution in [0.5, 0.6) is 0 Å². The number of aromatic nitrogens is 2. The zero-order valence-corrected chi connectivity index (χ0v) is 15.5. The molecule has 1 amide bonds. The quantitative estimate of drug-likeness (QED) is 0.823. The molecule has 26 heavy (non-hydrogen) atoms. The van der Waals surface area contributed by atoms with Gasteiger partial charge in [0.1, 0.15) is 11.2 Å². The molecule has 1 N–H and O–H groups in total. The molecule has 2 aliphatic heterocycles. The second kappa shape index (κ2) is 6.19. The summed E-state index contributed by atoms with van der Waals surface area (Å²) >= 11 is 0. The van der Waals surface area contributed by atoms with Crippen LogP contribution in [0.3, 0.4) is 0 Å². The summed E-state index contributed by atoms with van der Waals surface area (Å²) in [5, 5.41) is 3.02. The van der Waals surface area contributed by atoms with Crippen LogP contribution < -0.4 is 5.32 Å². The molecular formula is C17H21N5O3S. The molecule has 4 rings (SSSR count). The van der Waals surface area contributed by atoms with Gasteiger partial charge in [-0.1, -0.05) is 12.1 Å². The maximum absolute atomic E-state index is 12.8. The molecule has 1 aromatic heterocycles. The van der Waals surface area contributed by atoms with Crippen molar-refractivity contribution in [2.75, 3.05) is 27.2 Å². The molecule has 1 unspecified atom stereocenters. The van der Waals surface area contributed by atoms with Crippen molar-refractivity contribution in [3.63, 3.8) is 0 Å². The van der Waals surface area contributed by atoms with Crippen LogP contribution in [0.4, 0.5) is 0 Å². The van der Waals surface area contributed by atoms with Crippen molar-refractivity contribution in [2.24, 2.45) is 0 Å². The second-order valence-corrected chi connectivity index (χ2v) is 8.87. The number of sulfonamides is 1. The normalized spacial score (nSPS) is 22.5. The van der Waals surface area contributed by atoms with Crippen molar-refractivity contribution in [2.45, 2.75) is 23.9 Å². The molecule has 8 nitrogen and oxygen atoms in total. The fraction of sp³-hybridized carbons (Fsp3) is 0.412. The molecule has 0 bridgehead atoms. The van der Waals surface area contributed by atoms with E-state index >= 15 is 0 Å². The van der Waals surface area contributed by atoms with E-state index in [0.717, 1.165) is 19.5 Å². The number of likely N-dealkylation sites (N-methyl/N-ethyl adjacent to an activating group) is 1. The van der Waals surface area contributed by atoms with Gasteiger partial charge in [0.25, 0.3) is 5.91 Å². The van der Waals surface area contributed by atoms with Crippen LogP contribution in [0.2, 0.25) is 0 Å². The Morgan fingerprint density at radius 2 is 2.04 bits per heavy atom. The van der Waals surface area contributed by atoms with Gasteiger partial charge in [0, 0.05) is 19.6 Å². The highest BCUT2D eigenvalue weighted by Gasteiger charge is 2.33. The predicted octanol–water partition coefficient (Wildman–Crippen LogP) is 0.440. The number of amides is 1. The Bertz CT molecular complexity index is 969. The molecule has 1 saturated heterocycles. The van der Waals surface area contributed by atoms with Crippen molar-refractivity contribution >= 4 is 15.9 Å². The number of nitrogens with one attached hydrogen (secondary N) is 1. The summed E-state index contributed by atoms with van der Waals surface area (Å²) in [6, 6.07) is 6.85. The van der Waals surface area contributed by atoms with Crippen LogP contribution >= 0.6 is 0 Å². The summed E-state index contributed by atoms with van der Waals surface area (Å²) in [5.41, 5.74) is 1.36. The first-order chi connectivity index (χ1) is 12.4. The Kier molecular flexibility index (Phi) is 4.09. The largest absolute Gasteiger partial charge is 0.347 e. The van der Waals surface area contributed by atoms with E-state index in [0.29, 0.717) is 11.4 Å². The minimum absolute atomic E-state index is 0.0874. The Morgan fingerprint density at radius 3 is 2.77 bits per heavy atom. The third-order valence-corrected chi connectivity index (χ3v) is 6.84. The molecule has 0 saturated carbocycles. The second-order valence-electron chi connectivity index (χ2n) is 6.86. The van der Waals surface area contributed by atoms with Gasteiger partial charge in [-0.25, -0.2) is 13.4 Å². The summed E-state index contributed by atoms with van der Waals surface area (Å²) in [5.74, 6) is -0.260. The number of rotatable bonds is 2. The average Bonchev–Trinajstić information content (AvgIpc) is 3.19. The van der Waals surface area contributed by atoms with Gasteiger partial charge in [-0.15, -0.1) is 0 Å². The monoisotopic (exact) mass is 375 g/mol. The molecular weight excluding hydrogens is 354 g/mol. The minimum atomic E-state index is -3.62. The number of benzene rings is 1. The maximum atomic E-state index is 12.8. The van der Waals surface area contributed by atoms with Gasteiger partial charge in [0.15, 0.2) is 5.69 Å². The Balaban J connectivity index is 1.74. The van der Waals surface area contributed by atoms with E-state index in [1.165, 1.54) is 17.7 Å². The zero-order valence-electron chi connectivity index (χ0n) is 14.7. The summed E-state index contributed by atoms with van der Waals surface area (Å²) < 4.78 is 28.5. The first kappa shape index (κ1) is 17.2. The van der Waals surface area contributed by atoms with Gasteiger partial charge in [0.05, 0.1) is 17.9 Å². The molecule has 0 spiro atoms. The van der Waals surface area contributed by atoms with E-state index < -0.39 is 10.0 Å². The van der Waals surface area contributed by atoms with E-state index in [4.69, 9.17) is 0 Å². The molecule has 3 heterocycles. The number of nitrogens with zero attached hydrogens (tertiary/aromatic N) is 4. The average molecular weight is 375 g/mol. The lowest BCUT2D eigenvalue weighted by Gasteiger charge is -2.15. The van der Waals surface area contributed by atoms with Gasteiger partial charge in [-0.3, -0.25) is 9.36 Å². The highest BCUT2D eigenvalue weighted by Crippen LogP contribution is 2.30. The third-order valence-electron chi connectivity index (χ3n) is 4.99. The molecule has 1 fully saturated rings. The Hall–Kier alpha value is -2.23. The first-order valence-electron chi connectivity index (χ1n) is 8.49. The number of para-hydroxylation sites is 1. The van der Waals surface area contributed by atoms with Crippen molar-refractivity contribution in [1.82, 2.24) is 24.1 Å². The topological polar surface area (TPSA) is 87.5 Å². The number of hydrogen-bond donors (Lipinski definition) is 1. The highest BCUT2D eigenvalue weighted by atomic mass is 32.2. The van der Waals surface area contributed by atoms with Gasteiger partial charge >= 0.3 is 0 Å². The van der Waals surface area contributed by atoms with Gasteiger partial charge < -0.3 is 10.2 Å². The van der Waals surface area contributed by atoms with Crippen LogP contribution in [0, 0.1) is 0 Å². The van der Waals surface area contributed by atoms with Crippen LogP contribution in [-0.4, -0.2) is 66.3 Å². The molecule has 1 atom stereocenters. The lowest BCUT2D eigenvalue weighted by atomic mass is 10.2. The lowest BCUT2D eigenvalue weighted by Crippen LogP contribution is -2.37. The van der Waals surface area contributed by atoms with E-state index in [1.54, 1.807) is 28.8 Å². The van der Waals surface area contributed by atoms with Crippen LogP contribution in [0.25, 0.3) is 5.69 Å². The standard InChI is InChI=1S/C17H21N5O3S/c1-20-8-7-12(9-20)19-17(23)16-14-10-21(2)26(24,25)15-6-4-3-5-13(15)22(14)11-18-16/h3-6,11-12H,7-10H2,1-2H3,(H,19,23). The van der Waals surface area contributed by atoms with Crippen LogP contribution in [0.15, 0.2) is 35.5 Å². The van der Waals surface area contributed by atoms with Crippen molar-refractivity contribution < 1.29 is 13.2 Å². The number of fused-ring (bicyclic) bond motifs is 3. The smallest absolute Gasteiger partial charge is 0.272 e. The Morgan fingerprint density at radius 1 is 1.27 bits per heavy atom. The number of hydrogen-bond acceptors (Lipinski definition) is 5. The van der Waals surface area contributed by atoms with Gasteiger partial charge in [-0.05, 0) is 32.1 Å². The zero-order chi connectivity index (χ0) is 18.5. The van der Waals surface area contributed by atoms with E-state index in [-0.39, 0.29) is 29.1 Å². The maximum Gasteiger partial charge on any atom is 0.272 e. The fourth-order valence-electron chi connectivity index (χ4n) is 3.57. The minimum Gasteiger partial charge on any atom is -0.347 e. The van der Waals surface area contributed by atoms with E-state index in [2.05, 4.69) is 15.2 Å². The SMILES string of the molecule is CN1CCC(NC(=O)c2ncn3c2CN(C)S(=O)(=O)c2ccccc2-3)C1. The first-order valence-corrected chi connectivity index (χ1v) is 9.93. The molecule has 2 aliphatic rings. The molecule has 0 aliphatic carbocycles. The summed E-state index contributed by atoms with van der Waals surface area (Å²) in [7, 11) is -0.0849.